The molecule has 0 aliphatic rings. The predicted molar refractivity (Wildman–Crippen MR) is 84.0 cm³/mol. The van der Waals surface area contributed by atoms with E-state index >= 15 is 0 Å². The van der Waals surface area contributed by atoms with Gasteiger partial charge in [0.25, 0.3) is 0 Å². The van der Waals surface area contributed by atoms with Gasteiger partial charge in [-0.05, 0) is 25.9 Å². The number of anilines is 1. The van der Waals surface area contributed by atoms with Crippen molar-refractivity contribution in [3.05, 3.63) is 29.8 Å². The lowest BCUT2D eigenvalue weighted by Gasteiger charge is -2.18. The summed E-state index contributed by atoms with van der Waals surface area (Å²) in [6, 6.07) is 5.08. The SMILES string of the molecule is CCOC(=O)c1ccccc1NC(=O)C(CC(=O)O)NB(C)O. The Labute approximate surface area is 134 Å². The molecule has 23 heavy (non-hydrogen) atoms. The lowest BCUT2D eigenvalue weighted by atomic mass is 9.86. The minimum atomic E-state index is -1.20. The van der Waals surface area contributed by atoms with Gasteiger partial charge in [0.1, 0.15) is 0 Å². The maximum atomic E-state index is 12.2. The Morgan fingerprint density at radius 3 is 2.52 bits per heavy atom. The van der Waals surface area contributed by atoms with E-state index in [-0.39, 0.29) is 17.9 Å². The summed E-state index contributed by atoms with van der Waals surface area (Å²) in [5, 5.41) is 23.1. The van der Waals surface area contributed by atoms with E-state index in [2.05, 4.69) is 10.5 Å². The Kier molecular flexibility index (Phi) is 7.23. The van der Waals surface area contributed by atoms with Gasteiger partial charge in [0.15, 0.2) is 0 Å². The van der Waals surface area contributed by atoms with Crippen molar-refractivity contribution in [2.45, 2.75) is 26.2 Å². The summed E-state index contributed by atoms with van der Waals surface area (Å²) >= 11 is 0. The highest BCUT2D eigenvalue weighted by molar-refractivity contribution is 6.46. The first-order valence-electron chi connectivity index (χ1n) is 7.08. The molecule has 0 saturated carbocycles. The molecule has 9 heteroatoms. The van der Waals surface area contributed by atoms with Crippen LogP contribution < -0.4 is 10.5 Å². The fraction of sp³-hybridized carbons (Fsp3) is 0.357. The van der Waals surface area contributed by atoms with Crippen molar-refractivity contribution in [1.82, 2.24) is 5.23 Å². The fourth-order valence-corrected chi connectivity index (χ4v) is 1.89. The van der Waals surface area contributed by atoms with Crippen molar-refractivity contribution >= 4 is 30.6 Å². The zero-order valence-electron chi connectivity index (χ0n) is 12.9. The molecular weight excluding hydrogens is 303 g/mol. The number of hydrogen-bond donors (Lipinski definition) is 4. The van der Waals surface area contributed by atoms with E-state index in [1.165, 1.54) is 19.0 Å². The highest BCUT2D eigenvalue weighted by Crippen LogP contribution is 2.17. The molecule has 1 unspecified atom stereocenters. The van der Waals surface area contributed by atoms with Crippen molar-refractivity contribution < 1.29 is 29.3 Å². The first kappa shape index (κ1) is 18.7. The Bertz CT molecular complexity index is 578. The zero-order valence-corrected chi connectivity index (χ0v) is 12.9. The van der Waals surface area contributed by atoms with Crippen LogP contribution in [-0.2, 0) is 14.3 Å². The second-order valence-corrected chi connectivity index (χ2v) is 4.75. The van der Waals surface area contributed by atoms with E-state index in [9.17, 15) is 19.4 Å². The lowest BCUT2D eigenvalue weighted by molar-refractivity contribution is -0.139. The number of para-hydroxylation sites is 1. The molecule has 8 nitrogen and oxygen atoms in total. The molecule has 1 aromatic rings. The normalized spacial score (nSPS) is 11.4. The molecule has 0 aliphatic heterocycles. The van der Waals surface area contributed by atoms with Gasteiger partial charge in [0.2, 0.25) is 5.91 Å². The maximum absolute atomic E-state index is 12.2. The summed E-state index contributed by atoms with van der Waals surface area (Å²) in [4.78, 5) is 34.9. The van der Waals surface area contributed by atoms with Gasteiger partial charge < -0.3 is 25.4 Å². The molecule has 0 bridgehead atoms. The van der Waals surface area contributed by atoms with Crippen LogP contribution in [0.1, 0.15) is 23.7 Å². The number of carbonyl (C=O) groups excluding carboxylic acids is 2. The standard InChI is InChI=1S/C14H19BN2O6/c1-3-23-14(21)9-6-4-5-7-10(9)16-13(20)11(8-12(18)19)17-15(2)22/h4-7,11,17,22H,3,8H2,1-2H3,(H,16,20)(H,18,19). The Morgan fingerprint density at radius 2 is 1.96 bits per heavy atom. The summed E-state index contributed by atoms with van der Waals surface area (Å²) in [6.07, 6.45) is -0.516. The van der Waals surface area contributed by atoms with E-state index in [4.69, 9.17) is 9.84 Å². The van der Waals surface area contributed by atoms with Crippen LogP contribution in [0.15, 0.2) is 24.3 Å². The summed E-state index contributed by atoms with van der Waals surface area (Å²) in [6.45, 7) is 3.22. The van der Waals surface area contributed by atoms with E-state index in [0.717, 1.165) is 0 Å². The maximum Gasteiger partial charge on any atom is 0.374 e. The number of aliphatic carboxylic acids is 1. The average Bonchev–Trinajstić information content (AvgIpc) is 2.46. The summed E-state index contributed by atoms with van der Waals surface area (Å²) in [5.41, 5.74) is 0.368. The molecule has 4 N–H and O–H groups in total. The van der Waals surface area contributed by atoms with Crippen molar-refractivity contribution in [2.75, 3.05) is 11.9 Å². The van der Waals surface area contributed by atoms with Crippen LogP contribution in [0.25, 0.3) is 0 Å². The van der Waals surface area contributed by atoms with Crippen LogP contribution in [0.3, 0.4) is 0 Å². The largest absolute Gasteiger partial charge is 0.481 e. The molecule has 1 rings (SSSR count). The highest BCUT2D eigenvalue weighted by Gasteiger charge is 2.25. The number of nitrogens with one attached hydrogen (secondary N) is 2. The lowest BCUT2D eigenvalue weighted by Crippen LogP contribution is -2.48. The molecule has 124 valence electrons. The molecule has 0 radical (unpaired) electrons. The number of benzene rings is 1. The number of rotatable bonds is 8. The summed E-state index contributed by atoms with van der Waals surface area (Å²) < 4.78 is 4.90. The first-order valence-corrected chi connectivity index (χ1v) is 7.08. The van der Waals surface area contributed by atoms with Crippen molar-refractivity contribution in [3.63, 3.8) is 0 Å². The van der Waals surface area contributed by atoms with Gasteiger partial charge in [0.05, 0.1) is 30.3 Å². The highest BCUT2D eigenvalue weighted by atomic mass is 16.5. The minimum Gasteiger partial charge on any atom is -0.481 e. The molecule has 1 atom stereocenters. The number of carboxylic acids is 1. The second kappa shape index (κ2) is 8.91. The molecular formula is C14H19BN2O6. The molecule has 0 spiro atoms. The number of esters is 1. The molecule has 1 amide bonds. The predicted octanol–water partition coefficient (Wildman–Crippen LogP) is 0.345. The number of carbonyl (C=O) groups is 3. The van der Waals surface area contributed by atoms with Crippen LogP contribution in [0.4, 0.5) is 5.69 Å². The molecule has 0 heterocycles. The van der Waals surface area contributed by atoms with Gasteiger partial charge >= 0.3 is 19.0 Å². The van der Waals surface area contributed by atoms with Gasteiger partial charge in [-0.2, -0.15) is 0 Å². The van der Waals surface area contributed by atoms with Crippen LogP contribution in [-0.4, -0.2) is 47.7 Å². The molecule has 0 saturated heterocycles. The number of carboxylic acid groups (broad SMARTS) is 1. The smallest absolute Gasteiger partial charge is 0.374 e. The fourth-order valence-electron chi connectivity index (χ4n) is 1.89. The van der Waals surface area contributed by atoms with Gasteiger partial charge in [-0.15, -0.1) is 0 Å². The number of ether oxygens (including phenoxy) is 1. The summed E-state index contributed by atoms with van der Waals surface area (Å²) in [5.74, 6) is -2.47. The van der Waals surface area contributed by atoms with Gasteiger partial charge in [0, 0.05) is 0 Å². The summed E-state index contributed by atoms with van der Waals surface area (Å²) in [7, 11) is -1.06. The van der Waals surface area contributed by atoms with Gasteiger partial charge in [-0.1, -0.05) is 12.1 Å². The van der Waals surface area contributed by atoms with Crippen molar-refractivity contribution in [2.24, 2.45) is 0 Å². The Morgan fingerprint density at radius 1 is 1.30 bits per heavy atom. The number of amides is 1. The van der Waals surface area contributed by atoms with Crippen LogP contribution in [0.5, 0.6) is 0 Å². The van der Waals surface area contributed by atoms with Gasteiger partial charge in [-0.25, -0.2) is 4.79 Å². The average molecular weight is 322 g/mol. The van der Waals surface area contributed by atoms with Crippen LogP contribution in [0.2, 0.25) is 6.82 Å². The molecule has 1 aromatic carbocycles. The Balaban J connectivity index is 2.93. The molecule has 0 aliphatic carbocycles. The van der Waals surface area contributed by atoms with E-state index < -0.39 is 37.4 Å². The van der Waals surface area contributed by atoms with Crippen LogP contribution >= 0.6 is 0 Å². The van der Waals surface area contributed by atoms with Gasteiger partial charge in [-0.3, -0.25) is 9.59 Å². The third-order valence-electron chi connectivity index (χ3n) is 2.82. The van der Waals surface area contributed by atoms with Crippen LogP contribution in [0, 0.1) is 0 Å². The second-order valence-electron chi connectivity index (χ2n) is 4.75. The number of hydrogen-bond acceptors (Lipinski definition) is 6. The first-order chi connectivity index (χ1) is 10.8. The third kappa shape index (κ3) is 6.09. The van der Waals surface area contributed by atoms with Crippen molar-refractivity contribution in [1.29, 1.82) is 0 Å². The topological polar surface area (TPSA) is 125 Å². The van der Waals surface area contributed by atoms with E-state index in [1.54, 1.807) is 19.1 Å². The third-order valence-corrected chi connectivity index (χ3v) is 2.82. The van der Waals surface area contributed by atoms with E-state index in [1.807, 2.05) is 0 Å². The zero-order chi connectivity index (χ0) is 17.4. The molecule has 0 fully saturated rings. The Hall–Kier alpha value is -2.39. The monoisotopic (exact) mass is 322 g/mol. The molecule has 0 aromatic heterocycles. The quantitative estimate of drug-likeness (QED) is 0.402. The van der Waals surface area contributed by atoms with E-state index in [0.29, 0.717) is 0 Å². The minimum absolute atomic E-state index is 0.161. The van der Waals surface area contributed by atoms with Crippen molar-refractivity contribution in [3.8, 4) is 0 Å².